The van der Waals surface area contributed by atoms with Crippen LogP contribution in [0.5, 0.6) is 5.75 Å². The van der Waals surface area contributed by atoms with E-state index in [-0.39, 0.29) is 32.1 Å². The lowest BCUT2D eigenvalue weighted by Gasteiger charge is -2.13. The summed E-state index contributed by atoms with van der Waals surface area (Å²) in [5, 5.41) is 14.9. The van der Waals surface area contributed by atoms with Gasteiger partial charge in [0.25, 0.3) is 0 Å². The van der Waals surface area contributed by atoms with Crippen LogP contribution in [0.15, 0.2) is 22.2 Å². The topological polar surface area (TPSA) is 109 Å². The van der Waals surface area contributed by atoms with Crippen molar-refractivity contribution in [3.05, 3.63) is 27.9 Å². The van der Waals surface area contributed by atoms with Crippen LogP contribution in [-0.2, 0) is 11.2 Å². The predicted molar refractivity (Wildman–Crippen MR) is 86.4 cm³/mol. The number of nitrogen functional groups attached to an aromatic ring is 1. The van der Waals surface area contributed by atoms with Crippen molar-refractivity contribution in [2.45, 2.75) is 11.3 Å². The molecule has 0 bridgehead atoms. The molecule has 1 unspecified atom stereocenters. The molecule has 13 heteroatoms. The van der Waals surface area contributed by atoms with E-state index in [1.54, 1.807) is 0 Å². The molecule has 0 radical (unpaired) electrons. The highest BCUT2D eigenvalue weighted by Crippen LogP contribution is 2.37. The van der Waals surface area contributed by atoms with Gasteiger partial charge in [-0.2, -0.15) is 5.10 Å². The highest BCUT2D eigenvalue weighted by Gasteiger charge is 2.32. The van der Waals surface area contributed by atoms with Crippen LogP contribution in [0, 0.1) is 0 Å². The fourth-order valence-corrected chi connectivity index (χ4v) is 3.37. The Balaban J connectivity index is 2.61. The first-order chi connectivity index (χ1) is 11.5. The summed E-state index contributed by atoms with van der Waals surface area (Å²) in [5.74, 6) is -0.766. The van der Waals surface area contributed by atoms with Gasteiger partial charge in [-0.1, -0.05) is 28.4 Å². The molecule has 0 amide bonds. The smallest absolute Gasteiger partial charge is 0.573 e. The zero-order valence-corrected chi connectivity index (χ0v) is 14.5. The number of nitrogens with two attached hydrogens (primary N) is 1. The summed E-state index contributed by atoms with van der Waals surface area (Å²) in [5.41, 5.74) is 5.80. The van der Waals surface area contributed by atoms with Crippen LogP contribution in [-0.4, -0.2) is 38.4 Å². The largest absolute Gasteiger partial charge is 0.611 e. The maximum Gasteiger partial charge on any atom is 0.573 e. The predicted octanol–water partition coefficient (Wildman–Crippen LogP) is 3.21. The lowest BCUT2D eigenvalue weighted by Crippen LogP contribution is -2.17. The number of ether oxygens (including phenoxy) is 1. The van der Waals surface area contributed by atoms with E-state index in [9.17, 15) is 17.7 Å². The summed E-state index contributed by atoms with van der Waals surface area (Å²) >= 11 is 10.4. The van der Waals surface area contributed by atoms with Crippen LogP contribution in [0.25, 0.3) is 5.69 Å². The van der Waals surface area contributed by atoms with Crippen molar-refractivity contribution in [2.24, 2.45) is 5.16 Å². The number of hydrogen-bond acceptors (Lipinski definition) is 6. The maximum absolute atomic E-state index is 12.3. The summed E-state index contributed by atoms with van der Waals surface area (Å²) in [4.78, 5) is 0.0422. The molecule has 1 heterocycles. The quantitative estimate of drug-likeness (QED) is 0.344. The van der Waals surface area contributed by atoms with Gasteiger partial charge in [0.05, 0.1) is 16.3 Å². The van der Waals surface area contributed by atoms with E-state index < -0.39 is 23.3 Å². The van der Waals surface area contributed by atoms with Crippen molar-refractivity contribution in [1.29, 1.82) is 0 Å². The van der Waals surface area contributed by atoms with Crippen molar-refractivity contribution in [3.63, 3.8) is 0 Å². The van der Waals surface area contributed by atoms with Gasteiger partial charge in [0.15, 0.2) is 11.5 Å². The number of aromatic nitrogens is 2. The molecular formula is C12H9Cl2F3N4O3S. The van der Waals surface area contributed by atoms with Gasteiger partial charge in [-0.05, 0) is 11.2 Å². The normalized spacial score (nSPS) is 13.4. The van der Waals surface area contributed by atoms with Crippen LogP contribution >= 0.6 is 23.2 Å². The average molecular weight is 417 g/mol. The Morgan fingerprint density at radius 2 is 1.96 bits per heavy atom. The van der Waals surface area contributed by atoms with Crippen molar-refractivity contribution >= 4 is 46.4 Å². The number of benzene rings is 1. The third-order valence-corrected chi connectivity index (χ3v) is 4.37. The summed E-state index contributed by atoms with van der Waals surface area (Å²) < 4.78 is 53.5. The molecule has 0 fully saturated rings. The highest BCUT2D eigenvalue weighted by atomic mass is 35.5. The van der Waals surface area contributed by atoms with E-state index in [4.69, 9.17) is 34.1 Å². The minimum atomic E-state index is -4.92. The third kappa shape index (κ3) is 4.24. The molecule has 0 aliphatic carbocycles. The molecule has 1 atom stereocenters. The van der Waals surface area contributed by atoms with Crippen molar-refractivity contribution < 1.29 is 27.7 Å². The number of rotatable bonds is 4. The summed E-state index contributed by atoms with van der Waals surface area (Å²) in [6.45, 7) is 0. The highest BCUT2D eigenvalue weighted by molar-refractivity contribution is 7.91. The van der Waals surface area contributed by atoms with E-state index in [1.807, 2.05) is 0 Å². The van der Waals surface area contributed by atoms with Crippen LogP contribution in [0.2, 0.25) is 10.0 Å². The van der Waals surface area contributed by atoms with Crippen LogP contribution in [0.1, 0.15) is 5.69 Å². The zero-order valence-electron chi connectivity index (χ0n) is 12.2. The number of hydrogen-bond donors (Lipinski definition) is 2. The molecule has 0 spiro atoms. The second-order valence-corrected chi connectivity index (χ2v) is 6.62. The van der Waals surface area contributed by atoms with Gasteiger partial charge in [-0.25, -0.2) is 4.68 Å². The van der Waals surface area contributed by atoms with E-state index in [0.717, 1.165) is 23.0 Å². The molecular weight excluding hydrogens is 408 g/mol. The van der Waals surface area contributed by atoms with E-state index in [2.05, 4.69) is 15.0 Å². The Labute approximate surface area is 151 Å². The molecule has 1 aromatic heterocycles. The first kappa shape index (κ1) is 19.5. The van der Waals surface area contributed by atoms with E-state index in [1.165, 1.54) is 6.26 Å². The summed E-state index contributed by atoms with van der Waals surface area (Å²) in [6.07, 6.45) is -2.71. The molecule has 2 rings (SSSR count). The molecule has 2 aromatic rings. The lowest BCUT2D eigenvalue weighted by molar-refractivity contribution is -0.274. The van der Waals surface area contributed by atoms with Gasteiger partial charge in [0.2, 0.25) is 4.90 Å². The molecule has 0 aliphatic rings. The average Bonchev–Trinajstić information content (AvgIpc) is 2.73. The number of anilines is 1. The Hall–Kier alpha value is -1.82. The lowest BCUT2D eigenvalue weighted by atomic mass is 10.3. The first-order valence-electron chi connectivity index (χ1n) is 6.19. The second kappa shape index (κ2) is 7.20. The molecule has 3 N–H and O–H groups in total. The molecule has 0 saturated carbocycles. The summed E-state index contributed by atoms with van der Waals surface area (Å²) in [7, 11) is 0. The van der Waals surface area contributed by atoms with Gasteiger partial charge in [0.1, 0.15) is 17.7 Å². The minimum absolute atomic E-state index is 0.0245. The zero-order chi connectivity index (χ0) is 18.9. The van der Waals surface area contributed by atoms with E-state index in [0.29, 0.717) is 0 Å². The number of alkyl halides is 3. The SMILES string of the molecule is C[S+]([O-])c1c(/C=N/O)nn(-c2c(Cl)cc(OC(F)(F)F)cc2Cl)c1N. The summed E-state index contributed by atoms with van der Waals surface area (Å²) in [6, 6.07) is 1.75. The third-order valence-electron chi connectivity index (χ3n) is 2.80. The number of nitrogens with zero attached hydrogens (tertiary/aromatic N) is 3. The van der Waals surface area contributed by atoms with Crippen LogP contribution in [0.4, 0.5) is 19.0 Å². The first-order valence-corrected chi connectivity index (χ1v) is 8.51. The fraction of sp³-hybridized carbons (Fsp3) is 0.167. The van der Waals surface area contributed by atoms with Gasteiger partial charge in [-0.3, -0.25) is 0 Å². The van der Waals surface area contributed by atoms with Crippen molar-refractivity contribution in [3.8, 4) is 11.4 Å². The number of oxime groups is 1. The molecule has 0 saturated heterocycles. The molecule has 136 valence electrons. The van der Waals surface area contributed by atoms with Crippen molar-refractivity contribution in [2.75, 3.05) is 12.0 Å². The van der Waals surface area contributed by atoms with Crippen LogP contribution < -0.4 is 10.5 Å². The molecule has 1 aromatic carbocycles. The van der Waals surface area contributed by atoms with Gasteiger partial charge < -0.3 is 20.2 Å². The minimum Gasteiger partial charge on any atom is -0.611 e. The molecule has 0 aliphatic heterocycles. The van der Waals surface area contributed by atoms with E-state index >= 15 is 0 Å². The van der Waals surface area contributed by atoms with Crippen LogP contribution in [0.3, 0.4) is 0 Å². The monoisotopic (exact) mass is 416 g/mol. The molecule has 7 nitrogen and oxygen atoms in total. The Bertz CT molecular complexity index is 804. The fourth-order valence-electron chi connectivity index (χ4n) is 1.98. The Morgan fingerprint density at radius 3 is 2.40 bits per heavy atom. The number of halogens is 5. The Morgan fingerprint density at radius 1 is 1.40 bits per heavy atom. The van der Waals surface area contributed by atoms with Crippen molar-refractivity contribution in [1.82, 2.24) is 9.78 Å². The second-order valence-electron chi connectivity index (χ2n) is 4.49. The van der Waals surface area contributed by atoms with Gasteiger partial charge in [-0.15, -0.1) is 13.2 Å². The standard InChI is InChI=1S/C12H9Cl2F3N4O3S/c1-25(23)10-8(4-19-22)20-21(11(10)18)9-6(13)2-5(3-7(9)14)24-12(15,16)17/h2-4,22H,18H2,1H3/b19-4+. The van der Waals surface area contributed by atoms with Gasteiger partial charge >= 0.3 is 6.36 Å². The maximum atomic E-state index is 12.3. The molecule has 25 heavy (non-hydrogen) atoms. The van der Waals surface area contributed by atoms with Gasteiger partial charge in [0, 0.05) is 12.1 Å². The Kier molecular flexibility index (Phi) is 5.62.